The van der Waals surface area contributed by atoms with Crippen LogP contribution in [0.2, 0.25) is 0 Å². The molecule has 1 saturated heterocycles. The molecule has 1 heterocycles. The Labute approximate surface area is 97.1 Å². The summed E-state index contributed by atoms with van der Waals surface area (Å²) in [5.41, 5.74) is -0.0652. The van der Waals surface area contributed by atoms with Gasteiger partial charge in [0.2, 0.25) is 5.91 Å². The fraction of sp³-hybridized carbons (Fsp3) is 0.917. The van der Waals surface area contributed by atoms with Crippen molar-refractivity contribution in [1.82, 2.24) is 10.6 Å². The van der Waals surface area contributed by atoms with Crippen molar-refractivity contribution in [3.05, 3.63) is 0 Å². The van der Waals surface area contributed by atoms with Gasteiger partial charge in [-0.15, -0.1) is 0 Å². The number of methoxy groups -OCH3 is 1. The Bertz CT molecular complexity index is 240. The molecule has 2 N–H and O–H groups in total. The number of carbonyl (C=O) groups excluding carboxylic acids is 1. The molecule has 2 fully saturated rings. The molecule has 1 atom stereocenters. The summed E-state index contributed by atoms with van der Waals surface area (Å²) in [5.74, 6) is 0.142. The van der Waals surface area contributed by atoms with Crippen LogP contribution < -0.4 is 10.6 Å². The molecule has 0 unspecified atom stereocenters. The molecule has 4 nitrogen and oxygen atoms in total. The first-order valence-corrected chi connectivity index (χ1v) is 6.32. The molecule has 0 radical (unpaired) electrons. The standard InChI is InChI=1S/C12H22N2O2/c1-16-12(6-4-7-12)9-14-11(15)10-5-2-3-8-13-10/h10,13H,2-9H2,1H3,(H,14,15)/t10-/m1/s1. The van der Waals surface area contributed by atoms with E-state index in [4.69, 9.17) is 4.74 Å². The third-order valence-electron chi connectivity index (χ3n) is 3.91. The summed E-state index contributed by atoms with van der Waals surface area (Å²) < 4.78 is 5.48. The second-order valence-electron chi connectivity index (χ2n) is 4.96. The summed E-state index contributed by atoms with van der Waals surface area (Å²) in [6, 6.07) is 0.0164. The molecule has 4 heteroatoms. The molecular weight excluding hydrogens is 204 g/mol. The van der Waals surface area contributed by atoms with Crippen molar-refractivity contribution >= 4 is 5.91 Å². The lowest BCUT2D eigenvalue weighted by molar-refractivity contribution is -0.127. The van der Waals surface area contributed by atoms with E-state index in [1.807, 2.05) is 0 Å². The minimum absolute atomic E-state index is 0.0164. The maximum absolute atomic E-state index is 11.9. The monoisotopic (exact) mass is 226 g/mol. The Kier molecular flexibility index (Phi) is 3.82. The Hall–Kier alpha value is -0.610. The Morgan fingerprint density at radius 1 is 1.44 bits per heavy atom. The van der Waals surface area contributed by atoms with Gasteiger partial charge >= 0.3 is 0 Å². The van der Waals surface area contributed by atoms with Crippen LogP contribution in [0.25, 0.3) is 0 Å². The van der Waals surface area contributed by atoms with Crippen molar-refractivity contribution in [2.24, 2.45) is 0 Å². The van der Waals surface area contributed by atoms with Gasteiger partial charge in [-0.1, -0.05) is 6.42 Å². The Morgan fingerprint density at radius 2 is 2.25 bits per heavy atom. The highest BCUT2D eigenvalue weighted by molar-refractivity contribution is 5.81. The topological polar surface area (TPSA) is 50.4 Å². The zero-order valence-corrected chi connectivity index (χ0v) is 10.1. The molecular formula is C12H22N2O2. The lowest BCUT2D eigenvalue weighted by atomic mass is 9.80. The lowest BCUT2D eigenvalue weighted by Crippen LogP contribution is -2.53. The summed E-state index contributed by atoms with van der Waals surface area (Å²) in [7, 11) is 1.74. The SMILES string of the molecule is COC1(CNC(=O)[C@H]2CCCCN2)CCC1. The van der Waals surface area contributed by atoms with E-state index in [-0.39, 0.29) is 17.6 Å². The molecule has 1 amide bonds. The van der Waals surface area contributed by atoms with E-state index in [1.165, 1.54) is 12.8 Å². The number of piperidine rings is 1. The van der Waals surface area contributed by atoms with E-state index < -0.39 is 0 Å². The largest absolute Gasteiger partial charge is 0.376 e. The van der Waals surface area contributed by atoms with Gasteiger partial charge in [0.1, 0.15) is 0 Å². The van der Waals surface area contributed by atoms with Crippen molar-refractivity contribution < 1.29 is 9.53 Å². The minimum atomic E-state index is -0.0652. The van der Waals surface area contributed by atoms with Crippen molar-refractivity contribution in [2.75, 3.05) is 20.2 Å². The Balaban J connectivity index is 1.74. The number of nitrogens with one attached hydrogen (secondary N) is 2. The average molecular weight is 226 g/mol. The predicted molar refractivity (Wildman–Crippen MR) is 62.2 cm³/mol. The second kappa shape index (κ2) is 5.15. The van der Waals surface area contributed by atoms with Gasteiger partial charge < -0.3 is 15.4 Å². The average Bonchev–Trinajstić information content (AvgIpc) is 2.29. The van der Waals surface area contributed by atoms with E-state index in [9.17, 15) is 4.79 Å². The lowest BCUT2D eigenvalue weighted by Gasteiger charge is -2.40. The van der Waals surface area contributed by atoms with E-state index in [0.717, 1.165) is 32.2 Å². The molecule has 0 spiro atoms. The highest BCUT2D eigenvalue weighted by atomic mass is 16.5. The van der Waals surface area contributed by atoms with Gasteiger partial charge in [-0.3, -0.25) is 4.79 Å². The van der Waals surface area contributed by atoms with Crippen LogP contribution in [0.15, 0.2) is 0 Å². The van der Waals surface area contributed by atoms with Crippen molar-refractivity contribution in [3.8, 4) is 0 Å². The summed E-state index contributed by atoms with van der Waals surface area (Å²) in [6.45, 7) is 1.63. The van der Waals surface area contributed by atoms with Gasteiger partial charge in [-0.05, 0) is 38.6 Å². The molecule has 16 heavy (non-hydrogen) atoms. The summed E-state index contributed by atoms with van der Waals surface area (Å²) in [5, 5.41) is 6.28. The van der Waals surface area contributed by atoms with Gasteiger partial charge in [-0.25, -0.2) is 0 Å². The fourth-order valence-electron chi connectivity index (χ4n) is 2.47. The summed E-state index contributed by atoms with van der Waals surface area (Å²) in [6.07, 6.45) is 6.66. The fourth-order valence-corrected chi connectivity index (χ4v) is 2.47. The number of ether oxygens (including phenoxy) is 1. The van der Waals surface area contributed by atoms with Crippen molar-refractivity contribution in [3.63, 3.8) is 0 Å². The first-order valence-electron chi connectivity index (χ1n) is 6.32. The highest BCUT2D eigenvalue weighted by Crippen LogP contribution is 2.34. The smallest absolute Gasteiger partial charge is 0.237 e. The van der Waals surface area contributed by atoms with Gasteiger partial charge in [-0.2, -0.15) is 0 Å². The van der Waals surface area contributed by atoms with Crippen LogP contribution in [0.5, 0.6) is 0 Å². The normalized spacial score (nSPS) is 28.2. The van der Waals surface area contributed by atoms with Crippen molar-refractivity contribution in [2.45, 2.75) is 50.2 Å². The third kappa shape index (κ3) is 2.55. The van der Waals surface area contributed by atoms with Crippen LogP contribution in [-0.4, -0.2) is 37.7 Å². The molecule has 0 aromatic heterocycles. The number of hydrogen-bond acceptors (Lipinski definition) is 3. The quantitative estimate of drug-likeness (QED) is 0.746. The zero-order valence-electron chi connectivity index (χ0n) is 10.1. The van der Waals surface area contributed by atoms with Crippen LogP contribution in [0.1, 0.15) is 38.5 Å². The van der Waals surface area contributed by atoms with Crippen LogP contribution >= 0.6 is 0 Å². The van der Waals surface area contributed by atoms with E-state index in [0.29, 0.717) is 6.54 Å². The van der Waals surface area contributed by atoms with Crippen LogP contribution in [0.3, 0.4) is 0 Å². The molecule has 0 bridgehead atoms. The number of rotatable bonds is 4. The van der Waals surface area contributed by atoms with Crippen molar-refractivity contribution in [1.29, 1.82) is 0 Å². The molecule has 1 saturated carbocycles. The second-order valence-corrected chi connectivity index (χ2v) is 4.96. The molecule has 0 aromatic carbocycles. The number of amides is 1. The van der Waals surface area contributed by atoms with Gasteiger partial charge in [0.25, 0.3) is 0 Å². The molecule has 92 valence electrons. The summed E-state index contributed by atoms with van der Waals surface area (Å²) >= 11 is 0. The molecule has 0 aromatic rings. The molecule has 2 rings (SSSR count). The number of carbonyl (C=O) groups is 1. The van der Waals surface area contributed by atoms with Crippen LogP contribution in [-0.2, 0) is 9.53 Å². The van der Waals surface area contributed by atoms with E-state index >= 15 is 0 Å². The van der Waals surface area contributed by atoms with Crippen LogP contribution in [0.4, 0.5) is 0 Å². The van der Waals surface area contributed by atoms with Gasteiger partial charge in [0, 0.05) is 13.7 Å². The molecule has 2 aliphatic rings. The Morgan fingerprint density at radius 3 is 2.75 bits per heavy atom. The predicted octanol–water partition coefficient (Wildman–Crippen LogP) is 0.814. The zero-order chi connectivity index (χ0) is 11.4. The van der Waals surface area contributed by atoms with Gasteiger partial charge in [0.15, 0.2) is 0 Å². The summed E-state index contributed by atoms with van der Waals surface area (Å²) in [4.78, 5) is 11.9. The molecule has 1 aliphatic carbocycles. The number of hydrogen-bond donors (Lipinski definition) is 2. The van der Waals surface area contributed by atoms with Crippen LogP contribution in [0, 0.1) is 0 Å². The highest BCUT2D eigenvalue weighted by Gasteiger charge is 2.37. The maximum Gasteiger partial charge on any atom is 0.237 e. The first-order chi connectivity index (χ1) is 7.76. The molecule has 1 aliphatic heterocycles. The van der Waals surface area contributed by atoms with E-state index in [1.54, 1.807) is 7.11 Å². The van der Waals surface area contributed by atoms with E-state index in [2.05, 4.69) is 10.6 Å². The minimum Gasteiger partial charge on any atom is -0.376 e. The van der Waals surface area contributed by atoms with Gasteiger partial charge in [0.05, 0.1) is 11.6 Å². The third-order valence-corrected chi connectivity index (χ3v) is 3.91. The first kappa shape index (κ1) is 11.9. The maximum atomic E-state index is 11.9.